The molecule has 0 fully saturated rings. The van der Waals surface area contributed by atoms with Crippen LogP contribution in [-0.2, 0) is 14.3 Å². The predicted molar refractivity (Wildman–Crippen MR) is 98.9 cm³/mol. The predicted octanol–water partition coefficient (Wildman–Crippen LogP) is 3.38. The maximum Gasteiger partial charge on any atom is 0.407 e. The van der Waals surface area contributed by atoms with E-state index in [4.69, 9.17) is 4.74 Å². The van der Waals surface area contributed by atoms with Gasteiger partial charge in [-0.3, -0.25) is 9.59 Å². The minimum Gasteiger partial charge on any atom is -0.444 e. The summed E-state index contributed by atoms with van der Waals surface area (Å²) >= 11 is 0. The molecule has 6 nitrogen and oxygen atoms in total. The summed E-state index contributed by atoms with van der Waals surface area (Å²) in [5, 5.41) is 5.28. The largest absolute Gasteiger partial charge is 0.444 e. The van der Waals surface area contributed by atoms with Crippen molar-refractivity contribution in [1.29, 1.82) is 0 Å². The molecule has 0 aliphatic heterocycles. The third kappa shape index (κ3) is 24.9. The summed E-state index contributed by atoms with van der Waals surface area (Å²) in [5.41, 5.74) is -0.0109. The van der Waals surface area contributed by atoms with E-state index in [0.29, 0.717) is 25.1 Å². The molecule has 0 bridgehead atoms. The fourth-order valence-corrected chi connectivity index (χ4v) is 0.946. The number of ether oxygens (including phenoxy) is 1. The fraction of sp³-hybridized carbons (Fsp3) is 0.611. The van der Waals surface area contributed by atoms with Crippen molar-refractivity contribution in [2.24, 2.45) is 0 Å². The molecule has 0 aliphatic rings. The first kappa shape index (κ1) is 26.8. The van der Waals surface area contributed by atoms with Crippen molar-refractivity contribution in [2.75, 3.05) is 13.1 Å². The normalized spacial score (nSPS) is 9.12. The molecule has 0 aromatic rings. The van der Waals surface area contributed by atoms with Crippen LogP contribution in [0.25, 0.3) is 0 Å². The summed E-state index contributed by atoms with van der Waals surface area (Å²) in [6, 6.07) is 0. The number of carbonyl (C=O) groups is 3. The molecule has 0 unspecified atom stereocenters. The van der Waals surface area contributed by atoms with E-state index in [1.807, 2.05) is 13.8 Å². The van der Waals surface area contributed by atoms with Gasteiger partial charge in [-0.05, 0) is 47.1 Å². The maximum atomic E-state index is 11.2. The zero-order chi connectivity index (χ0) is 19.8. The zero-order valence-electron chi connectivity index (χ0n) is 16.2. The van der Waals surface area contributed by atoms with E-state index in [0.717, 1.165) is 0 Å². The summed E-state index contributed by atoms with van der Waals surface area (Å²) in [5.74, 6) is -0.146. The molecule has 2 N–H and O–H groups in total. The average molecular weight is 342 g/mol. The Kier molecular flexibility index (Phi) is 17.6. The summed E-state index contributed by atoms with van der Waals surface area (Å²) in [6.45, 7) is 20.2. The summed E-state index contributed by atoms with van der Waals surface area (Å²) < 4.78 is 5.05. The number of alkyl carbamates (subject to hydrolysis) is 1. The molecular weight excluding hydrogens is 308 g/mol. The molecule has 140 valence electrons. The van der Waals surface area contributed by atoms with Gasteiger partial charge in [-0.25, -0.2) is 4.79 Å². The molecule has 24 heavy (non-hydrogen) atoms. The molecule has 0 rings (SSSR count). The van der Waals surface area contributed by atoms with Crippen LogP contribution in [0.15, 0.2) is 24.8 Å². The molecule has 0 saturated carbocycles. The van der Waals surface area contributed by atoms with Gasteiger partial charge in [-0.2, -0.15) is 0 Å². The lowest BCUT2D eigenvalue weighted by Crippen LogP contribution is -2.34. The average Bonchev–Trinajstić information content (AvgIpc) is 2.47. The van der Waals surface area contributed by atoms with Crippen molar-refractivity contribution in [3.8, 4) is 0 Å². The first-order chi connectivity index (χ1) is 11.0. The fourth-order valence-electron chi connectivity index (χ4n) is 0.946. The maximum absolute atomic E-state index is 11.2. The van der Waals surface area contributed by atoms with E-state index in [1.165, 1.54) is 13.0 Å². The van der Waals surface area contributed by atoms with Crippen molar-refractivity contribution in [2.45, 2.75) is 60.5 Å². The molecule has 0 aromatic heterocycles. The molecule has 0 heterocycles. The number of allylic oxidation sites excluding steroid dienone is 1. The first-order valence-corrected chi connectivity index (χ1v) is 8.03. The first-order valence-electron chi connectivity index (χ1n) is 8.03. The van der Waals surface area contributed by atoms with Gasteiger partial charge in [0.25, 0.3) is 0 Å². The second-order valence-electron chi connectivity index (χ2n) is 5.63. The van der Waals surface area contributed by atoms with Crippen LogP contribution in [0, 0.1) is 0 Å². The van der Waals surface area contributed by atoms with Crippen molar-refractivity contribution >= 4 is 17.8 Å². The number of hydrogen-bond acceptors (Lipinski definition) is 4. The highest BCUT2D eigenvalue weighted by Crippen LogP contribution is 2.06. The summed E-state index contributed by atoms with van der Waals surface area (Å²) in [7, 11) is 0. The van der Waals surface area contributed by atoms with E-state index < -0.39 is 11.7 Å². The molecule has 6 heteroatoms. The van der Waals surface area contributed by atoms with Gasteiger partial charge in [0.2, 0.25) is 5.91 Å². The summed E-state index contributed by atoms with van der Waals surface area (Å²) in [6.07, 6.45) is 1.49. The van der Waals surface area contributed by atoms with Gasteiger partial charge in [-0.15, -0.1) is 0 Å². The highest BCUT2D eigenvalue weighted by molar-refractivity contribution is 5.92. The highest BCUT2D eigenvalue weighted by Gasteiger charge is 2.15. The SMILES string of the molecule is C=C(C)C(=O)NCCCNC(=O)OC(C)(C)C.C=CC(C)=O.CC. The van der Waals surface area contributed by atoms with Gasteiger partial charge in [0.05, 0.1) is 0 Å². The van der Waals surface area contributed by atoms with Gasteiger partial charge < -0.3 is 15.4 Å². The molecule has 0 aliphatic carbocycles. The Labute approximate surface area is 146 Å². The summed E-state index contributed by atoms with van der Waals surface area (Å²) in [4.78, 5) is 32.0. The van der Waals surface area contributed by atoms with Crippen LogP contribution in [0.3, 0.4) is 0 Å². The van der Waals surface area contributed by atoms with Crippen LogP contribution in [-0.4, -0.2) is 36.5 Å². The Morgan fingerprint density at radius 2 is 1.46 bits per heavy atom. The van der Waals surface area contributed by atoms with Crippen LogP contribution < -0.4 is 10.6 Å². The molecule has 0 aromatic carbocycles. The van der Waals surface area contributed by atoms with Crippen molar-refractivity contribution in [3.05, 3.63) is 24.8 Å². The highest BCUT2D eigenvalue weighted by atomic mass is 16.6. The quantitative estimate of drug-likeness (QED) is 0.572. The van der Waals surface area contributed by atoms with Crippen molar-refractivity contribution < 1.29 is 19.1 Å². The Bertz CT molecular complexity index is 410. The van der Waals surface area contributed by atoms with E-state index in [-0.39, 0.29) is 11.7 Å². The molecule has 0 radical (unpaired) electrons. The Hall–Kier alpha value is -2.11. The Morgan fingerprint density at radius 1 is 1.04 bits per heavy atom. The molecular formula is C18H34N2O4. The van der Waals surface area contributed by atoms with Gasteiger partial charge in [0.15, 0.2) is 5.78 Å². The number of rotatable bonds is 6. The van der Waals surface area contributed by atoms with E-state index in [9.17, 15) is 14.4 Å². The number of carbonyl (C=O) groups excluding carboxylic acids is 3. The van der Waals surface area contributed by atoms with Gasteiger partial charge in [0, 0.05) is 18.7 Å². The van der Waals surface area contributed by atoms with Gasteiger partial charge >= 0.3 is 6.09 Å². The van der Waals surface area contributed by atoms with Gasteiger partial charge in [0.1, 0.15) is 5.60 Å². The topological polar surface area (TPSA) is 84.5 Å². The van der Waals surface area contributed by atoms with Gasteiger partial charge in [-0.1, -0.05) is 27.0 Å². The molecule has 0 atom stereocenters. The van der Waals surface area contributed by atoms with E-state index in [1.54, 1.807) is 27.7 Å². The number of hydrogen-bond donors (Lipinski definition) is 2. The standard InChI is InChI=1S/C12H22N2O3.C4H6O.C2H6/c1-9(2)10(15)13-7-6-8-14-11(16)17-12(3,4)5;1-3-4(2)5;1-2/h1,6-8H2,2-5H3,(H,13,15)(H,14,16);3H,1H2,2H3;1-2H3. The second-order valence-corrected chi connectivity index (χ2v) is 5.63. The Morgan fingerprint density at radius 3 is 1.79 bits per heavy atom. The number of ketones is 1. The van der Waals surface area contributed by atoms with E-state index in [2.05, 4.69) is 23.8 Å². The van der Waals surface area contributed by atoms with Crippen LogP contribution >= 0.6 is 0 Å². The van der Waals surface area contributed by atoms with Crippen LogP contribution in [0.2, 0.25) is 0 Å². The molecule has 0 saturated heterocycles. The minimum absolute atomic E-state index is 0.0185. The van der Waals surface area contributed by atoms with Crippen molar-refractivity contribution in [1.82, 2.24) is 10.6 Å². The molecule has 0 spiro atoms. The van der Waals surface area contributed by atoms with Crippen LogP contribution in [0.5, 0.6) is 0 Å². The monoisotopic (exact) mass is 342 g/mol. The molecule has 2 amide bonds. The minimum atomic E-state index is -0.488. The van der Waals surface area contributed by atoms with Crippen LogP contribution in [0.1, 0.15) is 54.9 Å². The third-order valence-corrected chi connectivity index (χ3v) is 1.98. The number of amides is 2. The third-order valence-electron chi connectivity index (χ3n) is 1.98. The lowest BCUT2D eigenvalue weighted by atomic mass is 10.2. The van der Waals surface area contributed by atoms with Crippen LogP contribution in [0.4, 0.5) is 4.79 Å². The second kappa shape index (κ2) is 15.8. The lowest BCUT2D eigenvalue weighted by molar-refractivity contribution is -0.117. The zero-order valence-corrected chi connectivity index (χ0v) is 16.2. The Balaban J connectivity index is -0.000000534. The smallest absolute Gasteiger partial charge is 0.407 e. The lowest BCUT2D eigenvalue weighted by Gasteiger charge is -2.19. The number of nitrogens with one attached hydrogen (secondary N) is 2. The van der Waals surface area contributed by atoms with E-state index >= 15 is 0 Å². The van der Waals surface area contributed by atoms with Crippen molar-refractivity contribution in [3.63, 3.8) is 0 Å².